The van der Waals surface area contributed by atoms with Gasteiger partial charge in [0, 0.05) is 25.6 Å². The molecule has 21 heavy (non-hydrogen) atoms. The van der Waals surface area contributed by atoms with Crippen LogP contribution in [0.3, 0.4) is 0 Å². The molecule has 2 aliphatic rings. The fourth-order valence-electron chi connectivity index (χ4n) is 3.80. The fraction of sp³-hybridized carbons (Fsp3) is 0.875. The Morgan fingerprint density at radius 1 is 1.24 bits per heavy atom. The van der Waals surface area contributed by atoms with Gasteiger partial charge in [0.25, 0.3) is 0 Å². The van der Waals surface area contributed by atoms with Gasteiger partial charge in [0.15, 0.2) is 0 Å². The van der Waals surface area contributed by atoms with E-state index in [9.17, 15) is 4.79 Å². The van der Waals surface area contributed by atoms with E-state index in [1.165, 1.54) is 32.1 Å². The number of hydrogen-bond acceptors (Lipinski definition) is 4. The second kappa shape index (κ2) is 8.35. The second-order valence-electron chi connectivity index (χ2n) is 6.66. The number of hydrogen-bond donors (Lipinski definition) is 2. The van der Waals surface area contributed by atoms with Crippen LogP contribution in [0.4, 0.5) is 0 Å². The van der Waals surface area contributed by atoms with Crippen molar-refractivity contribution in [1.29, 1.82) is 5.26 Å². The molecule has 2 fully saturated rings. The highest BCUT2D eigenvalue weighted by molar-refractivity contribution is 5.67. The maximum atomic E-state index is 10.9. The van der Waals surface area contributed by atoms with Crippen LogP contribution in [0.15, 0.2) is 0 Å². The van der Waals surface area contributed by atoms with Crippen molar-refractivity contribution in [2.24, 2.45) is 11.8 Å². The van der Waals surface area contributed by atoms with Gasteiger partial charge in [-0.2, -0.15) is 5.26 Å². The van der Waals surface area contributed by atoms with E-state index in [1.54, 1.807) is 0 Å². The van der Waals surface area contributed by atoms with Crippen molar-refractivity contribution < 1.29 is 9.90 Å². The lowest BCUT2D eigenvalue weighted by Gasteiger charge is -2.37. The lowest BCUT2D eigenvalue weighted by Crippen LogP contribution is -2.50. The molecule has 0 spiro atoms. The summed E-state index contributed by atoms with van der Waals surface area (Å²) in [5, 5.41) is 21.5. The van der Waals surface area contributed by atoms with Gasteiger partial charge in [-0.1, -0.05) is 19.3 Å². The summed E-state index contributed by atoms with van der Waals surface area (Å²) in [6, 6.07) is 2.52. The lowest BCUT2D eigenvalue weighted by molar-refractivity contribution is -0.138. The molecule has 1 saturated carbocycles. The van der Waals surface area contributed by atoms with E-state index in [0.717, 1.165) is 32.0 Å². The van der Waals surface area contributed by atoms with Gasteiger partial charge in [-0.05, 0) is 37.6 Å². The van der Waals surface area contributed by atoms with Crippen molar-refractivity contribution in [2.75, 3.05) is 26.2 Å². The Bertz CT molecular complexity index is 374. The van der Waals surface area contributed by atoms with E-state index in [-0.39, 0.29) is 12.3 Å². The number of nitrogens with zero attached hydrogens (tertiary/aromatic N) is 2. The molecule has 5 nitrogen and oxygen atoms in total. The Kier molecular flexibility index (Phi) is 6.47. The van der Waals surface area contributed by atoms with Crippen molar-refractivity contribution in [1.82, 2.24) is 10.2 Å². The topological polar surface area (TPSA) is 76.4 Å². The number of nitrogens with one attached hydrogen (secondary N) is 1. The van der Waals surface area contributed by atoms with Gasteiger partial charge >= 0.3 is 5.97 Å². The Morgan fingerprint density at radius 3 is 2.67 bits per heavy atom. The quantitative estimate of drug-likeness (QED) is 0.731. The van der Waals surface area contributed by atoms with E-state index in [1.807, 2.05) is 0 Å². The summed E-state index contributed by atoms with van der Waals surface area (Å²) in [6.45, 7) is 3.06. The van der Waals surface area contributed by atoms with Gasteiger partial charge in [-0.25, -0.2) is 0 Å². The standard InChI is InChI=1S/C16H27N3O2/c17-6-7-19-11-14(9-16(20)21)8-15(12-19)18-10-13-4-2-1-3-5-13/h13-15,18H,1-5,7-12H2,(H,20,21). The molecule has 1 aliphatic carbocycles. The predicted molar refractivity (Wildman–Crippen MR) is 80.8 cm³/mol. The monoisotopic (exact) mass is 293 g/mol. The highest BCUT2D eigenvalue weighted by Gasteiger charge is 2.28. The van der Waals surface area contributed by atoms with Crippen LogP contribution >= 0.6 is 0 Å². The number of likely N-dealkylation sites (tertiary alicyclic amines) is 1. The smallest absolute Gasteiger partial charge is 0.303 e. The molecule has 1 saturated heterocycles. The highest BCUT2D eigenvalue weighted by atomic mass is 16.4. The number of carboxylic acid groups (broad SMARTS) is 1. The zero-order valence-electron chi connectivity index (χ0n) is 12.8. The van der Waals surface area contributed by atoms with Gasteiger partial charge < -0.3 is 10.4 Å². The van der Waals surface area contributed by atoms with Crippen LogP contribution in [-0.2, 0) is 4.79 Å². The molecule has 0 aromatic carbocycles. The molecule has 2 rings (SSSR count). The summed E-state index contributed by atoms with van der Waals surface area (Å²) >= 11 is 0. The number of piperidine rings is 1. The molecule has 2 N–H and O–H groups in total. The average molecular weight is 293 g/mol. The first-order valence-corrected chi connectivity index (χ1v) is 8.22. The minimum absolute atomic E-state index is 0.161. The molecule has 5 heteroatoms. The minimum atomic E-state index is -0.732. The van der Waals surface area contributed by atoms with Gasteiger partial charge in [-0.3, -0.25) is 9.69 Å². The van der Waals surface area contributed by atoms with Crippen LogP contribution in [0.2, 0.25) is 0 Å². The van der Waals surface area contributed by atoms with Gasteiger partial charge in [0.1, 0.15) is 0 Å². The van der Waals surface area contributed by atoms with Gasteiger partial charge in [-0.15, -0.1) is 0 Å². The predicted octanol–water partition coefficient (Wildman–Crippen LogP) is 1.85. The number of aliphatic carboxylic acids is 1. The SMILES string of the molecule is N#CCN1CC(CC(=O)O)CC(NCC2CCCCC2)C1. The number of carbonyl (C=O) groups is 1. The first kappa shape index (κ1) is 16.3. The van der Waals surface area contributed by atoms with Crippen molar-refractivity contribution >= 4 is 5.97 Å². The number of nitriles is 1. The van der Waals surface area contributed by atoms with E-state index < -0.39 is 5.97 Å². The normalized spacial score (nSPS) is 28.1. The van der Waals surface area contributed by atoms with Crippen molar-refractivity contribution in [3.05, 3.63) is 0 Å². The van der Waals surface area contributed by atoms with E-state index in [4.69, 9.17) is 10.4 Å². The van der Waals surface area contributed by atoms with Crippen LogP contribution in [0.1, 0.15) is 44.9 Å². The minimum Gasteiger partial charge on any atom is -0.481 e. The number of rotatable bonds is 6. The molecule has 118 valence electrons. The zero-order chi connectivity index (χ0) is 15.1. The Labute approximate surface area is 127 Å². The van der Waals surface area contributed by atoms with Crippen molar-refractivity contribution in [2.45, 2.75) is 51.0 Å². The Morgan fingerprint density at radius 2 is 2.00 bits per heavy atom. The summed E-state index contributed by atoms with van der Waals surface area (Å²) in [5.74, 6) is 0.210. The van der Waals surface area contributed by atoms with Crippen LogP contribution in [0, 0.1) is 23.2 Å². The van der Waals surface area contributed by atoms with E-state index in [2.05, 4.69) is 16.3 Å². The largest absolute Gasteiger partial charge is 0.481 e. The average Bonchev–Trinajstić information content (AvgIpc) is 2.46. The molecular weight excluding hydrogens is 266 g/mol. The third-order valence-electron chi connectivity index (χ3n) is 4.79. The lowest BCUT2D eigenvalue weighted by atomic mass is 9.88. The first-order chi connectivity index (χ1) is 10.2. The molecule has 0 bridgehead atoms. The van der Waals surface area contributed by atoms with Crippen LogP contribution < -0.4 is 5.32 Å². The molecule has 0 radical (unpaired) electrons. The molecular formula is C16H27N3O2. The summed E-state index contributed by atoms with van der Waals surface area (Å²) < 4.78 is 0. The molecule has 1 aliphatic heterocycles. The molecule has 0 aromatic rings. The van der Waals surface area contributed by atoms with Crippen molar-refractivity contribution in [3.63, 3.8) is 0 Å². The number of carboxylic acids is 1. The fourth-order valence-corrected chi connectivity index (χ4v) is 3.80. The van der Waals surface area contributed by atoms with Crippen LogP contribution in [0.25, 0.3) is 0 Å². The summed E-state index contributed by atoms with van der Waals surface area (Å²) in [4.78, 5) is 13.0. The van der Waals surface area contributed by atoms with Crippen LogP contribution in [-0.4, -0.2) is 48.2 Å². The molecule has 1 heterocycles. The highest BCUT2D eigenvalue weighted by Crippen LogP contribution is 2.24. The van der Waals surface area contributed by atoms with E-state index >= 15 is 0 Å². The molecule has 2 atom stereocenters. The maximum absolute atomic E-state index is 10.9. The molecule has 0 amide bonds. The molecule has 0 aromatic heterocycles. The van der Waals surface area contributed by atoms with Crippen molar-refractivity contribution in [3.8, 4) is 6.07 Å². The second-order valence-corrected chi connectivity index (χ2v) is 6.66. The summed E-state index contributed by atoms with van der Waals surface area (Å²) in [6.07, 6.45) is 7.83. The maximum Gasteiger partial charge on any atom is 0.303 e. The molecule has 2 unspecified atom stereocenters. The Hall–Kier alpha value is -1.12. The summed E-state index contributed by atoms with van der Waals surface area (Å²) in [7, 11) is 0. The third-order valence-corrected chi connectivity index (χ3v) is 4.79. The first-order valence-electron chi connectivity index (χ1n) is 8.22. The zero-order valence-corrected chi connectivity index (χ0v) is 12.8. The summed E-state index contributed by atoms with van der Waals surface area (Å²) in [5.41, 5.74) is 0. The van der Waals surface area contributed by atoms with Gasteiger partial charge in [0.2, 0.25) is 0 Å². The van der Waals surface area contributed by atoms with Gasteiger partial charge in [0.05, 0.1) is 12.6 Å². The van der Waals surface area contributed by atoms with Crippen LogP contribution in [0.5, 0.6) is 0 Å². The third kappa shape index (κ3) is 5.64. The van der Waals surface area contributed by atoms with E-state index in [0.29, 0.717) is 12.6 Å². The Balaban J connectivity index is 1.81.